The number of hydrogen-bond acceptors (Lipinski definition) is 1. The third-order valence-electron chi connectivity index (χ3n) is 6.26. The zero-order valence-corrected chi connectivity index (χ0v) is 14.4. The Kier molecular flexibility index (Phi) is 3.32. The first-order valence-corrected chi connectivity index (χ1v) is 8.85. The largest absolute Gasteiger partial charge is 0.358 e. The zero-order valence-electron chi connectivity index (χ0n) is 13.7. The molecule has 2 aromatic rings. The number of nitrogens with one attached hydrogen (secondary N) is 2. The molecule has 2 unspecified atom stereocenters. The molecule has 1 aromatic heterocycles. The number of aromatic amines is 1. The lowest BCUT2D eigenvalue weighted by atomic mass is 9.97. The zero-order chi connectivity index (χ0) is 15.5. The monoisotopic (exact) mass is 316 g/mol. The van der Waals surface area contributed by atoms with Crippen LogP contribution >= 0.6 is 11.6 Å². The van der Waals surface area contributed by atoms with Crippen molar-refractivity contribution in [1.82, 2.24) is 10.3 Å². The number of benzene rings is 1. The van der Waals surface area contributed by atoms with Crippen molar-refractivity contribution in [3.8, 4) is 0 Å². The van der Waals surface area contributed by atoms with E-state index in [9.17, 15) is 0 Å². The summed E-state index contributed by atoms with van der Waals surface area (Å²) in [5.41, 5.74) is 4.40. The number of aryl methyl sites for hydroxylation is 1. The molecule has 0 amide bonds. The molecule has 4 rings (SSSR count). The van der Waals surface area contributed by atoms with Gasteiger partial charge in [0, 0.05) is 22.6 Å². The van der Waals surface area contributed by atoms with Crippen LogP contribution in [0.1, 0.15) is 37.9 Å². The van der Waals surface area contributed by atoms with Gasteiger partial charge in [-0.1, -0.05) is 31.5 Å². The highest BCUT2D eigenvalue weighted by Gasteiger charge is 2.61. The molecule has 2 saturated carbocycles. The van der Waals surface area contributed by atoms with Gasteiger partial charge in [0.25, 0.3) is 0 Å². The van der Waals surface area contributed by atoms with E-state index in [1.165, 1.54) is 29.5 Å². The van der Waals surface area contributed by atoms with Gasteiger partial charge in [-0.05, 0) is 67.7 Å². The molecule has 1 aromatic carbocycles. The molecule has 2 atom stereocenters. The molecule has 2 aliphatic carbocycles. The quantitative estimate of drug-likeness (QED) is 0.841. The maximum Gasteiger partial charge on any atom is 0.0502 e. The molecular weight excluding hydrogens is 292 g/mol. The number of H-pyrrole nitrogens is 1. The first-order valence-electron chi connectivity index (χ1n) is 8.47. The second kappa shape index (κ2) is 5.01. The summed E-state index contributed by atoms with van der Waals surface area (Å²) in [6.45, 7) is 8.05. The van der Waals surface area contributed by atoms with E-state index in [-0.39, 0.29) is 0 Å². The Morgan fingerprint density at radius 1 is 1.27 bits per heavy atom. The van der Waals surface area contributed by atoms with E-state index in [1.807, 2.05) is 12.1 Å². The summed E-state index contributed by atoms with van der Waals surface area (Å²) in [6, 6.07) is 6.83. The average molecular weight is 317 g/mol. The van der Waals surface area contributed by atoms with E-state index in [0.717, 1.165) is 41.4 Å². The lowest BCUT2D eigenvalue weighted by molar-refractivity contribution is 0.387. The first-order chi connectivity index (χ1) is 10.5. The maximum atomic E-state index is 6.40. The second-order valence-corrected chi connectivity index (χ2v) is 8.20. The van der Waals surface area contributed by atoms with Gasteiger partial charge in [0.2, 0.25) is 0 Å². The molecule has 2 fully saturated rings. The van der Waals surface area contributed by atoms with Gasteiger partial charge in [-0.3, -0.25) is 0 Å². The second-order valence-electron chi connectivity index (χ2n) is 7.80. The summed E-state index contributed by atoms with van der Waals surface area (Å²) in [4.78, 5) is 3.46. The lowest BCUT2D eigenvalue weighted by Gasteiger charge is -2.18. The summed E-state index contributed by atoms with van der Waals surface area (Å²) in [5.74, 6) is 1.93. The molecule has 2 aliphatic rings. The predicted octanol–water partition coefficient (Wildman–Crippen LogP) is 4.70. The summed E-state index contributed by atoms with van der Waals surface area (Å²) in [5, 5.41) is 5.84. The van der Waals surface area contributed by atoms with Crippen LogP contribution in [0.4, 0.5) is 0 Å². The van der Waals surface area contributed by atoms with Crippen molar-refractivity contribution in [2.45, 2.75) is 46.1 Å². The molecule has 0 aliphatic heterocycles. The van der Waals surface area contributed by atoms with Crippen molar-refractivity contribution < 1.29 is 0 Å². The van der Waals surface area contributed by atoms with Gasteiger partial charge >= 0.3 is 0 Å². The van der Waals surface area contributed by atoms with Crippen LogP contribution in [-0.2, 0) is 6.42 Å². The van der Waals surface area contributed by atoms with E-state index < -0.39 is 0 Å². The predicted molar refractivity (Wildman–Crippen MR) is 93.5 cm³/mol. The minimum Gasteiger partial charge on any atom is -0.358 e. The van der Waals surface area contributed by atoms with Crippen LogP contribution in [0, 0.1) is 24.2 Å². The van der Waals surface area contributed by atoms with Crippen LogP contribution < -0.4 is 5.32 Å². The van der Waals surface area contributed by atoms with Crippen LogP contribution in [0.25, 0.3) is 10.9 Å². The minimum atomic E-state index is 0.624. The fraction of sp³-hybridized carbons (Fsp3) is 0.579. The maximum absolute atomic E-state index is 6.40. The van der Waals surface area contributed by atoms with Crippen LogP contribution in [0.3, 0.4) is 0 Å². The third kappa shape index (κ3) is 2.19. The van der Waals surface area contributed by atoms with Gasteiger partial charge in [0.1, 0.15) is 0 Å². The van der Waals surface area contributed by atoms with E-state index in [4.69, 9.17) is 11.6 Å². The topological polar surface area (TPSA) is 27.8 Å². The Labute approximate surface area is 137 Å². The van der Waals surface area contributed by atoms with Crippen LogP contribution in [0.15, 0.2) is 18.2 Å². The Morgan fingerprint density at radius 2 is 2.00 bits per heavy atom. The number of rotatable bonds is 4. The average Bonchev–Trinajstić information content (AvgIpc) is 2.86. The highest BCUT2D eigenvalue weighted by molar-refractivity contribution is 6.35. The van der Waals surface area contributed by atoms with Gasteiger partial charge in [-0.25, -0.2) is 0 Å². The van der Waals surface area contributed by atoms with E-state index in [1.54, 1.807) is 0 Å². The Balaban J connectivity index is 1.40. The fourth-order valence-corrected chi connectivity index (χ4v) is 5.07. The summed E-state index contributed by atoms with van der Waals surface area (Å²) in [7, 11) is 0. The standard InChI is InChI=1S/C19H25ClN2/c1-11-13(18-16(20)5-4-6-17(18)22-11)7-8-21-12-9-14-15(10-12)19(14,2)3/h4-6,12,14-15,21-22H,7-10H2,1-3H3. The van der Waals surface area contributed by atoms with Crippen LogP contribution in [0.2, 0.25) is 5.02 Å². The van der Waals surface area contributed by atoms with E-state index in [2.05, 4.69) is 37.1 Å². The Hall–Kier alpha value is -0.990. The molecule has 0 saturated heterocycles. The molecule has 2 nitrogen and oxygen atoms in total. The lowest BCUT2D eigenvalue weighted by Crippen LogP contribution is -2.31. The molecule has 0 radical (unpaired) electrons. The SMILES string of the molecule is Cc1[nH]c2cccc(Cl)c2c1CCNC1CC2C(C1)C2(C)C. The molecular formula is C19H25ClN2. The molecule has 118 valence electrons. The number of aromatic nitrogens is 1. The Morgan fingerprint density at radius 3 is 2.73 bits per heavy atom. The highest BCUT2D eigenvalue weighted by atomic mass is 35.5. The van der Waals surface area contributed by atoms with Gasteiger partial charge in [-0.15, -0.1) is 0 Å². The third-order valence-corrected chi connectivity index (χ3v) is 6.58. The molecule has 0 spiro atoms. The Bertz CT molecular complexity index is 702. The van der Waals surface area contributed by atoms with Crippen LogP contribution in [-0.4, -0.2) is 17.6 Å². The van der Waals surface area contributed by atoms with Crippen molar-refractivity contribution in [3.63, 3.8) is 0 Å². The van der Waals surface area contributed by atoms with E-state index >= 15 is 0 Å². The molecule has 0 bridgehead atoms. The first kappa shape index (κ1) is 14.6. The van der Waals surface area contributed by atoms with Crippen molar-refractivity contribution in [1.29, 1.82) is 0 Å². The van der Waals surface area contributed by atoms with Crippen molar-refractivity contribution in [3.05, 3.63) is 34.5 Å². The summed E-state index contributed by atoms with van der Waals surface area (Å²) < 4.78 is 0. The fourth-order valence-electron chi connectivity index (χ4n) is 4.78. The molecule has 3 heteroatoms. The van der Waals surface area contributed by atoms with Gasteiger partial charge in [0.15, 0.2) is 0 Å². The van der Waals surface area contributed by atoms with E-state index in [0.29, 0.717) is 5.41 Å². The summed E-state index contributed by atoms with van der Waals surface area (Å²) >= 11 is 6.40. The van der Waals surface area contributed by atoms with Gasteiger partial charge in [-0.2, -0.15) is 0 Å². The highest BCUT2D eigenvalue weighted by Crippen LogP contribution is 2.66. The summed E-state index contributed by atoms with van der Waals surface area (Å²) in [6.07, 6.45) is 3.78. The van der Waals surface area contributed by atoms with Crippen molar-refractivity contribution >= 4 is 22.5 Å². The van der Waals surface area contributed by atoms with Crippen molar-refractivity contribution in [2.24, 2.45) is 17.3 Å². The van der Waals surface area contributed by atoms with Crippen LogP contribution in [0.5, 0.6) is 0 Å². The molecule has 2 N–H and O–H groups in total. The minimum absolute atomic E-state index is 0.624. The smallest absolute Gasteiger partial charge is 0.0502 e. The molecule has 22 heavy (non-hydrogen) atoms. The number of fused-ring (bicyclic) bond motifs is 2. The number of hydrogen-bond donors (Lipinski definition) is 2. The van der Waals surface area contributed by atoms with Gasteiger partial charge < -0.3 is 10.3 Å². The number of halogens is 1. The normalized spacial score (nSPS) is 29.0. The van der Waals surface area contributed by atoms with Gasteiger partial charge in [0.05, 0.1) is 5.02 Å². The van der Waals surface area contributed by atoms with Crippen molar-refractivity contribution in [2.75, 3.05) is 6.54 Å². The molecule has 1 heterocycles.